The monoisotopic (exact) mass is 196 g/mol. The first-order valence-electron chi connectivity index (χ1n) is 4.17. The van der Waals surface area contributed by atoms with E-state index in [9.17, 15) is 0 Å². The van der Waals surface area contributed by atoms with Gasteiger partial charge in [0, 0.05) is 5.02 Å². The van der Waals surface area contributed by atoms with Crippen molar-refractivity contribution in [3.63, 3.8) is 0 Å². The van der Waals surface area contributed by atoms with Crippen molar-refractivity contribution >= 4 is 17.7 Å². The molecular weight excluding hydrogens is 184 g/mol. The van der Waals surface area contributed by atoms with Crippen molar-refractivity contribution < 1.29 is 5.11 Å². The van der Waals surface area contributed by atoms with E-state index in [1.165, 1.54) is 0 Å². The van der Waals surface area contributed by atoms with Gasteiger partial charge in [-0.2, -0.15) is 0 Å². The molecule has 0 aliphatic carbocycles. The molecule has 1 aromatic carbocycles. The molecule has 1 N–H and O–H groups in total. The SMILES string of the molecule is C/C(=C/c1cc(Cl)ccc1C)CO. The fraction of sp³-hybridized carbons (Fsp3) is 0.273. The van der Waals surface area contributed by atoms with Crippen LogP contribution in [0, 0.1) is 6.92 Å². The number of hydrogen-bond acceptors (Lipinski definition) is 1. The number of benzene rings is 1. The summed E-state index contributed by atoms with van der Waals surface area (Å²) in [7, 11) is 0. The second-order valence-electron chi connectivity index (χ2n) is 3.15. The molecule has 70 valence electrons. The maximum atomic E-state index is 8.86. The molecule has 0 atom stereocenters. The molecule has 0 aromatic heterocycles. The Kier molecular flexibility index (Phi) is 3.52. The molecule has 2 heteroatoms. The fourth-order valence-corrected chi connectivity index (χ4v) is 1.26. The highest BCUT2D eigenvalue weighted by molar-refractivity contribution is 6.30. The standard InChI is InChI=1S/C11H13ClO/c1-8(7-13)5-10-6-11(12)4-3-9(10)2/h3-6,13H,7H2,1-2H3/b8-5-. The predicted octanol–water partition coefficient (Wildman–Crippen LogP) is 3.04. The van der Waals surface area contributed by atoms with Crippen molar-refractivity contribution in [3.8, 4) is 0 Å². The number of aliphatic hydroxyl groups excluding tert-OH is 1. The molecule has 0 bridgehead atoms. The summed E-state index contributed by atoms with van der Waals surface area (Å²) in [5.41, 5.74) is 3.17. The smallest absolute Gasteiger partial charge is 0.0642 e. The lowest BCUT2D eigenvalue weighted by molar-refractivity contribution is 0.332. The molecule has 0 spiro atoms. The van der Waals surface area contributed by atoms with Crippen molar-refractivity contribution in [2.45, 2.75) is 13.8 Å². The molecule has 0 unspecified atom stereocenters. The van der Waals surface area contributed by atoms with Crippen molar-refractivity contribution in [2.24, 2.45) is 0 Å². The highest BCUT2D eigenvalue weighted by atomic mass is 35.5. The summed E-state index contributed by atoms with van der Waals surface area (Å²) in [6.07, 6.45) is 1.95. The summed E-state index contributed by atoms with van der Waals surface area (Å²) >= 11 is 5.85. The largest absolute Gasteiger partial charge is 0.392 e. The van der Waals surface area contributed by atoms with E-state index in [4.69, 9.17) is 16.7 Å². The summed E-state index contributed by atoms with van der Waals surface area (Å²) in [5, 5.41) is 9.58. The number of aliphatic hydroxyl groups is 1. The Bertz CT molecular complexity index is 329. The Morgan fingerprint density at radius 2 is 2.23 bits per heavy atom. The van der Waals surface area contributed by atoms with E-state index in [-0.39, 0.29) is 6.61 Å². The Labute approximate surface area is 83.7 Å². The molecule has 1 aromatic rings. The van der Waals surface area contributed by atoms with Gasteiger partial charge in [-0.25, -0.2) is 0 Å². The molecule has 0 saturated carbocycles. The predicted molar refractivity (Wildman–Crippen MR) is 56.9 cm³/mol. The Morgan fingerprint density at radius 1 is 1.54 bits per heavy atom. The topological polar surface area (TPSA) is 20.2 Å². The van der Waals surface area contributed by atoms with Crippen molar-refractivity contribution in [2.75, 3.05) is 6.61 Å². The van der Waals surface area contributed by atoms with Crippen LogP contribution in [0.3, 0.4) is 0 Å². The van der Waals surface area contributed by atoms with Gasteiger partial charge in [-0.3, -0.25) is 0 Å². The first-order valence-corrected chi connectivity index (χ1v) is 4.55. The van der Waals surface area contributed by atoms with E-state index >= 15 is 0 Å². The first kappa shape index (κ1) is 10.3. The van der Waals surface area contributed by atoms with Gasteiger partial charge >= 0.3 is 0 Å². The zero-order chi connectivity index (χ0) is 9.84. The van der Waals surface area contributed by atoms with Gasteiger partial charge in [0.25, 0.3) is 0 Å². The van der Waals surface area contributed by atoms with E-state index in [2.05, 4.69) is 0 Å². The Hall–Kier alpha value is -0.790. The van der Waals surface area contributed by atoms with E-state index in [0.29, 0.717) is 0 Å². The molecule has 0 aliphatic heterocycles. The number of aryl methyl sites for hydroxylation is 1. The average Bonchev–Trinajstić information content (AvgIpc) is 2.11. The Balaban J connectivity index is 3.07. The quantitative estimate of drug-likeness (QED) is 0.771. The highest BCUT2D eigenvalue weighted by Gasteiger charge is 1.96. The van der Waals surface area contributed by atoms with Crippen LogP contribution in [-0.2, 0) is 0 Å². The van der Waals surface area contributed by atoms with Gasteiger partial charge in [0.1, 0.15) is 0 Å². The summed E-state index contributed by atoms with van der Waals surface area (Å²) in [6, 6.07) is 5.73. The van der Waals surface area contributed by atoms with Gasteiger partial charge in [-0.05, 0) is 42.7 Å². The van der Waals surface area contributed by atoms with Crippen LogP contribution in [0.25, 0.3) is 6.08 Å². The van der Waals surface area contributed by atoms with Crippen LogP contribution >= 0.6 is 11.6 Å². The second-order valence-corrected chi connectivity index (χ2v) is 3.59. The summed E-state index contributed by atoms with van der Waals surface area (Å²) in [6.45, 7) is 4.00. The average molecular weight is 197 g/mol. The molecule has 0 amide bonds. The molecular formula is C11H13ClO. The fourth-order valence-electron chi connectivity index (χ4n) is 1.08. The lowest BCUT2D eigenvalue weighted by atomic mass is 10.1. The molecule has 0 radical (unpaired) electrons. The summed E-state index contributed by atoms with van der Waals surface area (Å²) < 4.78 is 0. The lowest BCUT2D eigenvalue weighted by Crippen LogP contribution is -1.86. The third-order valence-corrected chi connectivity index (χ3v) is 2.13. The summed E-state index contributed by atoms with van der Waals surface area (Å²) in [4.78, 5) is 0. The molecule has 0 fully saturated rings. The van der Waals surface area contributed by atoms with E-state index < -0.39 is 0 Å². The maximum absolute atomic E-state index is 8.86. The number of halogens is 1. The minimum absolute atomic E-state index is 0.0892. The van der Waals surface area contributed by atoms with Gasteiger partial charge < -0.3 is 5.11 Å². The van der Waals surface area contributed by atoms with Crippen molar-refractivity contribution in [3.05, 3.63) is 39.9 Å². The molecule has 1 nitrogen and oxygen atoms in total. The van der Waals surface area contributed by atoms with Crippen LogP contribution in [0.2, 0.25) is 5.02 Å². The molecule has 0 heterocycles. The van der Waals surface area contributed by atoms with Gasteiger partial charge in [-0.15, -0.1) is 0 Å². The first-order chi connectivity index (χ1) is 6.13. The molecule has 0 saturated heterocycles. The Morgan fingerprint density at radius 3 is 2.85 bits per heavy atom. The molecule has 1 rings (SSSR count). The van der Waals surface area contributed by atoms with Gasteiger partial charge in [0.05, 0.1) is 6.61 Å². The van der Waals surface area contributed by atoms with Crippen LogP contribution in [0.1, 0.15) is 18.1 Å². The van der Waals surface area contributed by atoms with Gasteiger partial charge in [0.2, 0.25) is 0 Å². The van der Waals surface area contributed by atoms with E-state index in [1.54, 1.807) is 0 Å². The minimum atomic E-state index is 0.0892. The van der Waals surface area contributed by atoms with Crippen LogP contribution in [0.15, 0.2) is 23.8 Å². The maximum Gasteiger partial charge on any atom is 0.0642 e. The number of hydrogen-bond donors (Lipinski definition) is 1. The second kappa shape index (κ2) is 4.45. The molecule has 0 aliphatic rings. The van der Waals surface area contributed by atoms with Crippen LogP contribution in [-0.4, -0.2) is 11.7 Å². The summed E-state index contributed by atoms with van der Waals surface area (Å²) in [5.74, 6) is 0. The normalized spacial score (nSPS) is 11.8. The zero-order valence-electron chi connectivity index (χ0n) is 7.84. The molecule has 13 heavy (non-hydrogen) atoms. The van der Waals surface area contributed by atoms with Crippen LogP contribution in [0.5, 0.6) is 0 Å². The van der Waals surface area contributed by atoms with Gasteiger partial charge in [0.15, 0.2) is 0 Å². The minimum Gasteiger partial charge on any atom is -0.392 e. The highest BCUT2D eigenvalue weighted by Crippen LogP contribution is 2.17. The van der Waals surface area contributed by atoms with Crippen LogP contribution in [0.4, 0.5) is 0 Å². The van der Waals surface area contributed by atoms with E-state index in [0.717, 1.165) is 21.7 Å². The van der Waals surface area contributed by atoms with Crippen molar-refractivity contribution in [1.82, 2.24) is 0 Å². The van der Waals surface area contributed by atoms with Crippen molar-refractivity contribution in [1.29, 1.82) is 0 Å². The lowest BCUT2D eigenvalue weighted by Gasteiger charge is -2.02. The third-order valence-electron chi connectivity index (χ3n) is 1.89. The van der Waals surface area contributed by atoms with Crippen LogP contribution < -0.4 is 0 Å². The van der Waals surface area contributed by atoms with E-state index in [1.807, 2.05) is 38.1 Å². The number of rotatable bonds is 2. The zero-order valence-corrected chi connectivity index (χ0v) is 8.60. The van der Waals surface area contributed by atoms with Gasteiger partial charge in [-0.1, -0.05) is 23.7 Å². The third kappa shape index (κ3) is 2.87.